The molecule has 0 saturated carbocycles. The van der Waals surface area contributed by atoms with E-state index in [9.17, 15) is 0 Å². The van der Waals surface area contributed by atoms with Crippen LogP contribution < -0.4 is 16.0 Å². The van der Waals surface area contributed by atoms with Crippen LogP contribution in [0, 0.1) is 0 Å². The van der Waals surface area contributed by atoms with E-state index in [4.69, 9.17) is 10.6 Å². The molecule has 1 atom stereocenters. The molecule has 0 heterocycles. The largest absolute Gasteiger partial charge is 0.494 e. The first-order valence-corrected chi connectivity index (χ1v) is 7.16. The summed E-state index contributed by atoms with van der Waals surface area (Å²) in [6, 6.07) is 8.23. The molecule has 4 heteroatoms. The summed E-state index contributed by atoms with van der Waals surface area (Å²) in [4.78, 5) is 2.40. The first kappa shape index (κ1) is 16.0. The highest BCUT2D eigenvalue weighted by Gasteiger charge is 2.15. The second-order valence-corrected chi connectivity index (χ2v) is 4.51. The molecule has 108 valence electrons. The zero-order valence-electron chi connectivity index (χ0n) is 12.4. The molecule has 0 amide bonds. The average Bonchev–Trinajstić information content (AvgIpc) is 2.45. The topological polar surface area (TPSA) is 50.5 Å². The van der Waals surface area contributed by atoms with Crippen LogP contribution in [0.15, 0.2) is 24.3 Å². The third-order valence-electron chi connectivity index (χ3n) is 3.42. The van der Waals surface area contributed by atoms with Crippen molar-refractivity contribution in [3.8, 4) is 5.75 Å². The van der Waals surface area contributed by atoms with Gasteiger partial charge in [-0.3, -0.25) is 11.3 Å². The molecule has 1 aromatic carbocycles. The van der Waals surface area contributed by atoms with Crippen molar-refractivity contribution >= 4 is 0 Å². The third-order valence-corrected chi connectivity index (χ3v) is 3.42. The van der Waals surface area contributed by atoms with Gasteiger partial charge in [-0.15, -0.1) is 0 Å². The lowest BCUT2D eigenvalue weighted by Crippen LogP contribution is -2.33. The van der Waals surface area contributed by atoms with Gasteiger partial charge in [0.2, 0.25) is 0 Å². The lowest BCUT2D eigenvalue weighted by atomic mass is 10.0. The zero-order valence-corrected chi connectivity index (χ0v) is 12.4. The summed E-state index contributed by atoms with van der Waals surface area (Å²) in [5.74, 6) is 6.64. The van der Waals surface area contributed by atoms with Gasteiger partial charge in [0.25, 0.3) is 0 Å². The molecule has 19 heavy (non-hydrogen) atoms. The number of hydrogen-bond donors (Lipinski definition) is 2. The van der Waals surface area contributed by atoms with Crippen LogP contribution in [0.5, 0.6) is 5.75 Å². The maximum atomic E-state index is 5.71. The Kier molecular flexibility index (Phi) is 7.48. The van der Waals surface area contributed by atoms with E-state index in [1.807, 2.05) is 25.1 Å². The van der Waals surface area contributed by atoms with E-state index in [2.05, 4.69) is 30.2 Å². The number of ether oxygens (including phenoxy) is 1. The summed E-state index contributed by atoms with van der Waals surface area (Å²) in [5, 5.41) is 0. The number of nitrogens with zero attached hydrogens (tertiary/aromatic N) is 1. The van der Waals surface area contributed by atoms with Gasteiger partial charge in [-0.05, 0) is 39.0 Å². The molecule has 0 aliphatic carbocycles. The van der Waals surface area contributed by atoms with Crippen LogP contribution in [0.1, 0.15) is 38.8 Å². The molecule has 3 N–H and O–H groups in total. The van der Waals surface area contributed by atoms with Crippen LogP contribution in [0.25, 0.3) is 0 Å². The summed E-state index contributed by atoms with van der Waals surface area (Å²) in [6.45, 7) is 10.2. The maximum Gasteiger partial charge on any atom is 0.124 e. The van der Waals surface area contributed by atoms with Crippen LogP contribution in [-0.4, -0.2) is 31.1 Å². The predicted octanol–water partition coefficient (Wildman–Crippen LogP) is 2.32. The molecule has 0 spiro atoms. The number of para-hydroxylation sites is 1. The number of hydrazine groups is 1. The Morgan fingerprint density at radius 1 is 1.21 bits per heavy atom. The first-order chi connectivity index (χ1) is 9.26. The Morgan fingerprint density at radius 3 is 2.47 bits per heavy atom. The molecule has 1 aromatic rings. The van der Waals surface area contributed by atoms with Crippen LogP contribution >= 0.6 is 0 Å². The fraction of sp³-hybridized carbons (Fsp3) is 0.600. The lowest BCUT2D eigenvalue weighted by molar-refractivity contribution is 0.278. The highest BCUT2D eigenvalue weighted by molar-refractivity contribution is 5.35. The van der Waals surface area contributed by atoms with E-state index in [0.29, 0.717) is 6.61 Å². The fourth-order valence-corrected chi connectivity index (χ4v) is 2.24. The molecular formula is C15H27N3O. The Morgan fingerprint density at radius 2 is 1.89 bits per heavy atom. The second kappa shape index (κ2) is 8.91. The zero-order chi connectivity index (χ0) is 14.1. The fourth-order valence-electron chi connectivity index (χ4n) is 2.24. The minimum absolute atomic E-state index is 0.128. The van der Waals surface area contributed by atoms with Gasteiger partial charge in [0.15, 0.2) is 0 Å². The molecule has 0 aliphatic heterocycles. The van der Waals surface area contributed by atoms with Crippen LogP contribution in [0.2, 0.25) is 0 Å². The highest BCUT2D eigenvalue weighted by Crippen LogP contribution is 2.26. The van der Waals surface area contributed by atoms with Gasteiger partial charge >= 0.3 is 0 Å². The number of hydrogen-bond acceptors (Lipinski definition) is 4. The van der Waals surface area contributed by atoms with Gasteiger partial charge in [-0.25, -0.2) is 0 Å². The van der Waals surface area contributed by atoms with Crippen molar-refractivity contribution in [2.75, 3.05) is 26.2 Å². The van der Waals surface area contributed by atoms with E-state index in [1.54, 1.807) is 0 Å². The van der Waals surface area contributed by atoms with Crippen LogP contribution in [0.4, 0.5) is 0 Å². The Balaban J connectivity index is 2.73. The quantitative estimate of drug-likeness (QED) is 0.531. The SMILES string of the molecule is CCOc1ccccc1C(CCN(CC)CC)NN. The average molecular weight is 265 g/mol. The first-order valence-electron chi connectivity index (χ1n) is 7.16. The standard InChI is InChI=1S/C15H27N3O/c1-4-18(5-2)12-11-14(17-16)13-9-7-8-10-15(13)19-6-3/h7-10,14,17H,4-6,11-12,16H2,1-3H3. The van der Waals surface area contributed by atoms with E-state index in [-0.39, 0.29) is 6.04 Å². The monoisotopic (exact) mass is 265 g/mol. The van der Waals surface area contributed by atoms with Gasteiger partial charge in [0, 0.05) is 5.56 Å². The predicted molar refractivity (Wildman–Crippen MR) is 80.1 cm³/mol. The highest BCUT2D eigenvalue weighted by atomic mass is 16.5. The molecule has 0 aliphatic rings. The van der Waals surface area contributed by atoms with Crippen LogP contribution in [-0.2, 0) is 0 Å². The maximum absolute atomic E-state index is 5.71. The van der Waals surface area contributed by atoms with Gasteiger partial charge in [0.1, 0.15) is 5.75 Å². The molecule has 1 rings (SSSR count). The number of benzene rings is 1. The molecule has 1 unspecified atom stereocenters. The third kappa shape index (κ3) is 4.82. The van der Waals surface area contributed by atoms with Crippen molar-refractivity contribution in [2.24, 2.45) is 5.84 Å². The van der Waals surface area contributed by atoms with E-state index >= 15 is 0 Å². The lowest BCUT2D eigenvalue weighted by Gasteiger charge is -2.24. The molecule has 0 aromatic heterocycles. The molecular weight excluding hydrogens is 238 g/mol. The van der Waals surface area contributed by atoms with Crippen LogP contribution in [0.3, 0.4) is 0 Å². The number of nitrogens with one attached hydrogen (secondary N) is 1. The summed E-state index contributed by atoms with van der Waals surface area (Å²) < 4.78 is 5.67. The summed E-state index contributed by atoms with van der Waals surface area (Å²) in [7, 11) is 0. The van der Waals surface area contributed by atoms with Crippen molar-refractivity contribution in [3.05, 3.63) is 29.8 Å². The normalized spacial score (nSPS) is 12.7. The Hall–Kier alpha value is -1.10. The van der Waals surface area contributed by atoms with Gasteiger partial charge in [-0.2, -0.15) is 0 Å². The van der Waals surface area contributed by atoms with Gasteiger partial charge in [-0.1, -0.05) is 32.0 Å². The summed E-state index contributed by atoms with van der Waals surface area (Å²) >= 11 is 0. The smallest absolute Gasteiger partial charge is 0.124 e. The van der Waals surface area contributed by atoms with E-state index < -0.39 is 0 Å². The van der Waals surface area contributed by atoms with E-state index in [1.165, 1.54) is 0 Å². The Bertz CT molecular complexity index is 353. The van der Waals surface area contributed by atoms with E-state index in [0.717, 1.165) is 37.4 Å². The van der Waals surface area contributed by atoms with Crippen molar-refractivity contribution in [2.45, 2.75) is 33.2 Å². The molecule has 0 bridgehead atoms. The van der Waals surface area contributed by atoms with Crippen molar-refractivity contribution in [3.63, 3.8) is 0 Å². The van der Waals surface area contributed by atoms with Gasteiger partial charge < -0.3 is 9.64 Å². The van der Waals surface area contributed by atoms with Crippen molar-refractivity contribution in [1.29, 1.82) is 0 Å². The van der Waals surface area contributed by atoms with Crippen molar-refractivity contribution < 1.29 is 4.74 Å². The molecule has 4 nitrogen and oxygen atoms in total. The Labute approximate surface area is 116 Å². The molecule has 0 radical (unpaired) electrons. The number of rotatable bonds is 9. The van der Waals surface area contributed by atoms with Crippen molar-refractivity contribution in [1.82, 2.24) is 10.3 Å². The second-order valence-electron chi connectivity index (χ2n) is 4.51. The minimum atomic E-state index is 0.128. The number of nitrogens with two attached hydrogens (primary N) is 1. The van der Waals surface area contributed by atoms with Gasteiger partial charge in [0.05, 0.1) is 12.6 Å². The summed E-state index contributed by atoms with van der Waals surface area (Å²) in [6.07, 6.45) is 0.974. The summed E-state index contributed by atoms with van der Waals surface area (Å²) in [5.41, 5.74) is 4.05. The molecule has 0 saturated heterocycles. The molecule has 0 fully saturated rings. The minimum Gasteiger partial charge on any atom is -0.494 e.